The standard InChI is InChI=1S/C22H35N5O3.HI/c1-3-13-30-20-6-5-18(16-24-20)17-25-22(23-4-2)27-9-7-19(8-10-27)21(28)26-11-14-29-15-12-26;/h5-6,16,19H,3-4,7-15,17H2,1-2H3,(H,23,25);1H. The molecule has 3 rings (SSSR count). The van der Waals surface area contributed by atoms with Gasteiger partial charge in [-0.25, -0.2) is 9.98 Å². The van der Waals surface area contributed by atoms with E-state index in [0.717, 1.165) is 63.5 Å². The number of hydrogen-bond acceptors (Lipinski definition) is 5. The van der Waals surface area contributed by atoms with E-state index in [0.29, 0.717) is 32.2 Å². The van der Waals surface area contributed by atoms with Gasteiger partial charge in [-0.05, 0) is 31.7 Å². The van der Waals surface area contributed by atoms with Crippen LogP contribution in [0.4, 0.5) is 0 Å². The van der Waals surface area contributed by atoms with Crippen molar-refractivity contribution < 1.29 is 14.3 Å². The van der Waals surface area contributed by atoms with Gasteiger partial charge in [-0.2, -0.15) is 0 Å². The number of likely N-dealkylation sites (tertiary alicyclic amines) is 1. The summed E-state index contributed by atoms with van der Waals surface area (Å²) in [4.78, 5) is 26.1. The van der Waals surface area contributed by atoms with E-state index in [1.54, 1.807) is 0 Å². The fraction of sp³-hybridized carbons (Fsp3) is 0.682. The maximum atomic E-state index is 12.7. The lowest BCUT2D eigenvalue weighted by Gasteiger charge is -2.36. The van der Waals surface area contributed by atoms with Crippen LogP contribution in [0.2, 0.25) is 0 Å². The second-order valence-corrected chi connectivity index (χ2v) is 7.72. The first kappa shape index (κ1) is 25.6. The topological polar surface area (TPSA) is 79.3 Å². The Morgan fingerprint density at radius 2 is 1.94 bits per heavy atom. The van der Waals surface area contributed by atoms with Gasteiger partial charge in [0.2, 0.25) is 11.8 Å². The largest absolute Gasteiger partial charge is 0.478 e. The molecule has 0 aliphatic carbocycles. The number of ether oxygens (including phenoxy) is 2. The summed E-state index contributed by atoms with van der Waals surface area (Å²) in [7, 11) is 0. The fourth-order valence-corrected chi connectivity index (χ4v) is 3.77. The first-order valence-corrected chi connectivity index (χ1v) is 11.2. The van der Waals surface area contributed by atoms with Crippen LogP contribution in [0, 0.1) is 5.92 Å². The van der Waals surface area contributed by atoms with Crippen molar-refractivity contribution in [2.75, 3.05) is 52.5 Å². The number of carbonyl (C=O) groups is 1. The van der Waals surface area contributed by atoms with Gasteiger partial charge in [-0.1, -0.05) is 13.0 Å². The maximum Gasteiger partial charge on any atom is 0.225 e. The molecule has 31 heavy (non-hydrogen) atoms. The summed E-state index contributed by atoms with van der Waals surface area (Å²) >= 11 is 0. The fourth-order valence-electron chi connectivity index (χ4n) is 3.77. The summed E-state index contributed by atoms with van der Waals surface area (Å²) in [6, 6.07) is 3.91. The van der Waals surface area contributed by atoms with Gasteiger partial charge in [0.25, 0.3) is 0 Å². The van der Waals surface area contributed by atoms with Crippen LogP contribution in [-0.4, -0.2) is 79.2 Å². The zero-order valence-corrected chi connectivity index (χ0v) is 21.0. The molecule has 2 fully saturated rings. The zero-order valence-electron chi connectivity index (χ0n) is 18.7. The quantitative estimate of drug-likeness (QED) is 0.323. The number of halogens is 1. The lowest BCUT2D eigenvalue weighted by Crippen LogP contribution is -2.50. The minimum Gasteiger partial charge on any atom is -0.478 e. The molecule has 2 saturated heterocycles. The Bertz CT molecular complexity index is 687. The van der Waals surface area contributed by atoms with E-state index in [-0.39, 0.29) is 35.8 Å². The van der Waals surface area contributed by atoms with Crippen molar-refractivity contribution >= 4 is 35.8 Å². The minimum absolute atomic E-state index is 0. The monoisotopic (exact) mass is 545 g/mol. The van der Waals surface area contributed by atoms with Crippen molar-refractivity contribution in [2.24, 2.45) is 10.9 Å². The number of hydrogen-bond donors (Lipinski definition) is 1. The molecule has 1 aromatic rings. The molecule has 9 heteroatoms. The Morgan fingerprint density at radius 1 is 1.19 bits per heavy atom. The predicted octanol–water partition coefficient (Wildman–Crippen LogP) is 2.52. The van der Waals surface area contributed by atoms with Gasteiger partial charge in [-0.3, -0.25) is 4.79 Å². The van der Waals surface area contributed by atoms with Crippen molar-refractivity contribution in [1.29, 1.82) is 0 Å². The maximum absolute atomic E-state index is 12.7. The van der Waals surface area contributed by atoms with Crippen LogP contribution in [0.15, 0.2) is 23.3 Å². The molecule has 1 aromatic heterocycles. The molecule has 0 bridgehead atoms. The molecule has 0 saturated carbocycles. The first-order valence-electron chi connectivity index (χ1n) is 11.2. The van der Waals surface area contributed by atoms with Crippen molar-refractivity contribution in [1.82, 2.24) is 20.1 Å². The second kappa shape index (κ2) is 13.7. The summed E-state index contributed by atoms with van der Waals surface area (Å²) in [6.07, 6.45) is 4.52. The van der Waals surface area contributed by atoms with E-state index in [9.17, 15) is 4.79 Å². The number of aliphatic imine (C=N–C) groups is 1. The van der Waals surface area contributed by atoms with Gasteiger partial charge >= 0.3 is 0 Å². The van der Waals surface area contributed by atoms with Crippen LogP contribution in [-0.2, 0) is 16.1 Å². The Kier molecular flexibility index (Phi) is 11.3. The Hall–Kier alpha value is -1.62. The van der Waals surface area contributed by atoms with Gasteiger partial charge in [0.15, 0.2) is 5.96 Å². The molecular formula is C22H36IN5O3. The van der Waals surface area contributed by atoms with E-state index < -0.39 is 0 Å². The SMILES string of the molecule is CCCOc1ccc(CN=C(NCC)N2CCC(C(=O)N3CCOCC3)CC2)cn1.I. The molecule has 2 aliphatic rings. The first-order chi connectivity index (χ1) is 14.7. The lowest BCUT2D eigenvalue weighted by atomic mass is 9.95. The number of nitrogens with zero attached hydrogens (tertiary/aromatic N) is 4. The van der Waals surface area contributed by atoms with Crippen LogP contribution in [0.1, 0.15) is 38.7 Å². The Balaban J connectivity index is 0.00000341. The number of carbonyl (C=O) groups excluding carboxylic acids is 1. The van der Waals surface area contributed by atoms with Crippen LogP contribution in [0.25, 0.3) is 0 Å². The summed E-state index contributed by atoms with van der Waals surface area (Å²) in [5.41, 5.74) is 1.05. The molecule has 3 heterocycles. The van der Waals surface area contributed by atoms with Crippen LogP contribution in [0.5, 0.6) is 5.88 Å². The summed E-state index contributed by atoms with van der Waals surface area (Å²) in [6.45, 7) is 10.6. The van der Waals surface area contributed by atoms with Crippen LogP contribution in [0.3, 0.4) is 0 Å². The highest BCUT2D eigenvalue weighted by Gasteiger charge is 2.30. The van der Waals surface area contributed by atoms with E-state index >= 15 is 0 Å². The normalized spacial score (nSPS) is 17.8. The second-order valence-electron chi connectivity index (χ2n) is 7.72. The number of morpholine rings is 1. The summed E-state index contributed by atoms with van der Waals surface area (Å²) in [5.74, 6) is 1.96. The number of rotatable bonds is 7. The predicted molar refractivity (Wildman–Crippen MR) is 132 cm³/mol. The van der Waals surface area contributed by atoms with Crippen molar-refractivity contribution in [3.63, 3.8) is 0 Å². The molecule has 0 spiro atoms. The highest BCUT2D eigenvalue weighted by atomic mass is 127. The molecule has 8 nitrogen and oxygen atoms in total. The number of guanidine groups is 1. The van der Waals surface area contributed by atoms with Gasteiger partial charge in [0, 0.05) is 50.9 Å². The van der Waals surface area contributed by atoms with E-state index in [2.05, 4.69) is 29.0 Å². The third-order valence-electron chi connectivity index (χ3n) is 5.46. The smallest absolute Gasteiger partial charge is 0.225 e. The number of nitrogens with one attached hydrogen (secondary N) is 1. The molecule has 174 valence electrons. The van der Waals surface area contributed by atoms with Gasteiger partial charge in [0.1, 0.15) is 0 Å². The average Bonchev–Trinajstić information content (AvgIpc) is 2.81. The highest BCUT2D eigenvalue weighted by molar-refractivity contribution is 14.0. The van der Waals surface area contributed by atoms with Crippen molar-refractivity contribution in [3.8, 4) is 5.88 Å². The number of piperidine rings is 1. The number of aromatic nitrogens is 1. The summed E-state index contributed by atoms with van der Waals surface area (Å²) < 4.78 is 10.9. The number of pyridine rings is 1. The summed E-state index contributed by atoms with van der Waals surface area (Å²) in [5, 5.41) is 3.39. The molecule has 0 aromatic carbocycles. The average molecular weight is 545 g/mol. The number of amides is 1. The van der Waals surface area contributed by atoms with E-state index in [4.69, 9.17) is 14.5 Å². The molecular weight excluding hydrogens is 509 g/mol. The third-order valence-corrected chi connectivity index (χ3v) is 5.46. The lowest BCUT2D eigenvalue weighted by molar-refractivity contribution is -0.140. The highest BCUT2D eigenvalue weighted by Crippen LogP contribution is 2.20. The van der Waals surface area contributed by atoms with Crippen molar-refractivity contribution in [2.45, 2.75) is 39.7 Å². The Morgan fingerprint density at radius 3 is 2.55 bits per heavy atom. The Labute approximate surface area is 202 Å². The molecule has 1 N–H and O–H groups in total. The van der Waals surface area contributed by atoms with Crippen LogP contribution >= 0.6 is 24.0 Å². The van der Waals surface area contributed by atoms with Gasteiger partial charge in [0.05, 0.1) is 26.4 Å². The van der Waals surface area contributed by atoms with Gasteiger partial charge < -0.3 is 24.6 Å². The molecule has 0 unspecified atom stereocenters. The minimum atomic E-state index is 0. The van der Waals surface area contributed by atoms with E-state index in [1.165, 1.54) is 0 Å². The molecule has 0 atom stereocenters. The zero-order chi connectivity index (χ0) is 21.2. The van der Waals surface area contributed by atoms with Gasteiger partial charge in [-0.15, -0.1) is 24.0 Å². The third kappa shape index (κ3) is 7.78. The van der Waals surface area contributed by atoms with Crippen LogP contribution < -0.4 is 10.1 Å². The molecule has 2 aliphatic heterocycles. The van der Waals surface area contributed by atoms with E-state index in [1.807, 2.05) is 23.2 Å². The van der Waals surface area contributed by atoms with Crippen molar-refractivity contribution in [3.05, 3.63) is 23.9 Å². The molecule has 1 amide bonds. The molecule has 0 radical (unpaired) electrons.